The lowest BCUT2D eigenvalue weighted by Gasteiger charge is -2.14. The summed E-state index contributed by atoms with van der Waals surface area (Å²) in [4.78, 5) is 11.4. The van der Waals surface area contributed by atoms with E-state index in [9.17, 15) is 4.79 Å². The predicted molar refractivity (Wildman–Crippen MR) is 109 cm³/mol. The summed E-state index contributed by atoms with van der Waals surface area (Å²) in [5.41, 5.74) is 1.82. The smallest absolute Gasteiger partial charge is 0.333 e. The maximum atomic E-state index is 11.4. The summed E-state index contributed by atoms with van der Waals surface area (Å²) in [6.07, 6.45) is 2.84. The number of unbranched alkanes of at least 4 members (excludes halogenated alkanes) is 1. The van der Waals surface area contributed by atoms with E-state index in [2.05, 4.69) is 61.2 Å². The highest BCUT2D eigenvalue weighted by Gasteiger charge is 2.10. The van der Waals surface area contributed by atoms with Crippen molar-refractivity contribution in [2.45, 2.75) is 26.2 Å². The Labute approximate surface area is 153 Å². The standard InChI is InChI=1S/C24H22O2/c1-16(2)24(25)26-15-4-3-6-17-9-10-20-12-11-18-7-5-8-19-13-14-21(17)23(20)22(18)19/h5,7-14H,1,3-4,6,15H2,2H3. The average molecular weight is 342 g/mol. The number of carbonyl (C=O) groups is 1. The maximum absolute atomic E-state index is 11.4. The van der Waals surface area contributed by atoms with Gasteiger partial charge in [0.1, 0.15) is 0 Å². The Morgan fingerprint density at radius 1 is 0.885 bits per heavy atom. The predicted octanol–water partition coefficient (Wildman–Crippen LogP) is 6.03. The molecule has 0 aliphatic carbocycles. The Balaban J connectivity index is 1.58. The van der Waals surface area contributed by atoms with Gasteiger partial charge in [0.15, 0.2) is 0 Å². The minimum absolute atomic E-state index is 0.298. The average Bonchev–Trinajstić information content (AvgIpc) is 2.66. The highest BCUT2D eigenvalue weighted by atomic mass is 16.5. The number of hydrogen-bond acceptors (Lipinski definition) is 2. The molecule has 0 amide bonds. The van der Waals surface area contributed by atoms with Crippen LogP contribution in [0.3, 0.4) is 0 Å². The molecule has 4 aromatic rings. The van der Waals surface area contributed by atoms with Gasteiger partial charge in [-0.3, -0.25) is 0 Å². The summed E-state index contributed by atoms with van der Waals surface area (Å²) >= 11 is 0. The fourth-order valence-electron chi connectivity index (χ4n) is 3.72. The molecule has 0 aliphatic heterocycles. The van der Waals surface area contributed by atoms with Crippen molar-refractivity contribution in [3.05, 3.63) is 72.3 Å². The molecule has 4 aromatic carbocycles. The van der Waals surface area contributed by atoms with Gasteiger partial charge in [0.2, 0.25) is 0 Å². The molecule has 0 radical (unpaired) electrons. The van der Waals surface area contributed by atoms with Crippen LogP contribution in [0.4, 0.5) is 0 Å². The molecular weight excluding hydrogens is 320 g/mol. The van der Waals surface area contributed by atoms with E-state index in [-0.39, 0.29) is 5.97 Å². The number of hydrogen-bond donors (Lipinski definition) is 0. The van der Waals surface area contributed by atoms with Crippen LogP contribution in [0.2, 0.25) is 0 Å². The van der Waals surface area contributed by atoms with Gasteiger partial charge in [-0.1, -0.05) is 61.2 Å². The van der Waals surface area contributed by atoms with Gasteiger partial charge >= 0.3 is 5.97 Å². The normalized spacial score (nSPS) is 11.4. The number of aryl methyl sites for hydroxylation is 1. The molecule has 26 heavy (non-hydrogen) atoms. The second kappa shape index (κ2) is 6.80. The Bertz CT molecular complexity index is 1090. The third-order valence-electron chi connectivity index (χ3n) is 5.04. The third-order valence-corrected chi connectivity index (χ3v) is 5.04. The maximum Gasteiger partial charge on any atom is 0.333 e. The van der Waals surface area contributed by atoms with E-state index in [1.807, 2.05) is 0 Å². The number of rotatable bonds is 6. The first-order chi connectivity index (χ1) is 12.6. The first-order valence-corrected chi connectivity index (χ1v) is 9.13. The lowest BCUT2D eigenvalue weighted by Crippen LogP contribution is -2.06. The zero-order chi connectivity index (χ0) is 18.1. The third kappa shape index (κ3) is 2.92. The molecule has 130 valence electrons. The lowest BCUT2D eigenvalue weighted by atomic mass is 9.91. The van der Waals surface area contributed by atoms with Gasteiger partial charge in [-0.15, -0.1) is 0 Å². The van der Waals surface area contributed by atoms with Crippen LogP contribution in [0.25, 0.3) is 32.3 Å². The first kappa shape index (κ1) is 16.6. The van der Waals surface area contributed by atoms with Crippen LogP contribution >= 0.6 is 0 Å². The molecule has 0 aliphatic rings. The highest BCUT2D eigenvalue weighted by Crippen LogP contribution is 2.36. The van der Waals surface area contributed by atoms with E-state index in [0.717, 1.165) is 19.3 Å². The Kier molecular flexibility index (Phi) is 4.34. The largest absolute Gasteiger partial charge is 0.462 e. The molecule has 0 aromatic heterocycles. The van der Waals surface area contributed by atoms with E-state index >= 15 is 0 Å². The topological polar surface area (TPSA) is 26.3 Å². The van der Waals surface area contributed by atoms with Crippen molar-refractivity contribution in [3.8, 4) is 0 Å². The van der Waals surface area contributed by atoms with Crippen molar-refractivity contribution in [2.75, 3.05) is 6.61 Å². The second-order valence-electron chi connectivity index (χ2n) is 6.95. The summed E-state index contributed by atoms with van der Waals surface area (Å²) in [5, 5.41) is 7.95. The number of ether oxygens (including phenoxy) is 1. The van der Waals surface area contributed by atoms with Crippen molar-refractivity contribution in [1.82, 2.24) is 0 Å². The molecule has 0 fully saturated rings. The molecule has 0 heterocycles. The lowest BCUT2D eigenvalue weighted by molar-refractivity contribution is -0.139. The Hall–Kier alpha value is -2.87. The Morgan fingerprint density at radius 2 is 1.54 bits per heavy atom. The molecule has 4 rings (SSSR count). The molecule has 0 N–H and O–H groups in total. The highest BCUT2D eigenvalue weighted by molar-refractivity contribution is 6.23. The van der Waals surface area contributed by atoms with E-state index in [4.69, 9.17) is 4.74 Å². The molecule has 2 nitrogen and oxygen atoms in total. The monoisotopic (exact) mass is 342 g/mol. The van der Waals surface area contributed by atoms with Gasteiger partial charge in [0, 0.05) is 5.57 Å². The van der Waals surface area contributed by atoms with Crippen LogP contribution in [0.15, 0.2) is 66.7 Å². The first-order valence-electron chi connectivity index (χ1n) is 9.13. The van der Waals surface area contributed by atoms with Crippen LogP contribution < -0.4 is 0 Å². The SMILES string of the molecule is C=C(C)C(=O)OCCCCc1ccc2ccc3cccc4ccc1c2c34. The van der Waals surface area contributed by atoms with Crippen LogP contribution in [-0.2, 0) is 16.0 Å². The van der Waals surface area contributed by atoms with Gasteiger partial charge in [-0.25, -0.2) is 4.79 Å². The molecule has 0 spiro atoms. The molecule has 0 atom stereocenters. The van der Waals surface area contributed by atoms with Crippen LogP contribution in [0, 0.1) is 0 Å². The van der Waals surface area contributed by atoms with Gasteiger partial charge in [-0.2, -0.15) is 0 Å². The van der Waals surface area contributed by atoms with Crippen LogP contribution in [-0.4, -0.2) is 12.6 Å². The summed E-state index contributed by atoms with van der Waals surface area (Å²) in [5.74, 6) is -0.298. The summed E-state index contributed by atoms with van der Waals surface area (Å²) in [7, 11) is 0. The van der Waals surface area contributed by atoms with E-state index < -0.39 is 0 Å². The molecular formula is C24H22O2. The van der Waals surface area contributed by atoms with E-state index in [1.165, 1.54) is 37.9 Å². The summed E-state index contributed by atoms with van der Waals surface area (Å²) in [6.45, 7) is 5.73. The molecule has 2 heteroatoms. The number of carbonyl (C=O) groups excluding carboxylic acids is 1. The Morgan fingerprint density at radius 3 is 2.27 bits per heavy atom. The van der Waals surface area contributed by atoms with Crippen molar-refractivity contribution in [2.24, 2.45) is 0 Å². The fraction of sp³-hybridized carbons (Fsp3) is 0.208. The molecule has 0 saturated heterocycles. The molecule has 0 saturated carbocycles. The van der Waals surface area contributed by atoms with Gasteiger partial charge < -0.3 is 4.74 Å². The number of benzene rings is 4. The zero-order valence-corrected chi connectivity index (χ0v) is 15.0. The van der Waals surface area contributed by atoms with Gasteiger partial charge in [0.25, 0.3) is 0 Å². The minimum atomic E-state index is -0.298. The van der Waals surface area contributed by atoms with Crippen molar-refractivity contribution in [3.63, 3.8) is 0 Å². The summed E-state index contributed by atoms with van der Waals surface area (Å²) < 4.78 is 5.18. The van der Waals surface area contributed by atoms with Crippen molar-refractivity contribution < 1.29 is 9.53 Å². The zero-order valence-electron chi connectivity index (χ0n) is 15.0. The van der Waals surface area contributed by atoms with Gasteiger partial charge in [0.05, 0.1) is 6.61 Å². The van der Waals surface area contributed by atoms with Crippen LogP contribution in [0.1, 0.15) is 25.3 Å². The number of esters is 1. The summed E-state index contributed by atoms with van der Waals surface area (Å²) in [6, 6.07) is 19.8. The van der Waals surface area contributed by atoms with Crippen molar-refractivity contribution in [1.29, 1.82) is 0 Å². The fourth-order valence-corrected chi connectivity index (χ4v) is 3.72. The van der Waals surface area contributed by atoms with E-state index in [0.29, 0.717) is 12.2 Å². The molecule has 0 unspecified atom stereocenters. The second-order valence-corrected chi connectivity index (χ2v) is 6.95. The van der Waals surface area contributed by atoms with Crippen LogP contribution in [0.5, 0.6) is 0 Å². The minimum Gasteiger partial charge on any atom is -0.462 e. The van der Waals surface area contributed by atoms with Gasteiger partial charge in [-0.05, 0) is 64.1 Å². The van der Waals surface area contributed by atoms with E-state index in [1.54, 1.807) is 6.92 Å². The van der Waals surface area contributed by atoms with Crippen molar-refractivity contribution >= 4 is 38.3 Å². The quantitative estimate of drug-likeness (QED) is 0.185. The molecule has 0 bridgehead atoms.